The lowest BCUT2D eigenvalue weighted by Gasteiger charge is -2.19. The van der Waals surface area contributed by atoms with E-state index in [9.17, 15) is 9.18 Å². The molecule has 112 valence electrons. The lowest BCUT2D eigenvalue weighted by atomic mass is 9.96. The predicted molar refractivity (Wildman–Crippen MR) is 78.1 cm³/mol. The molecule has 4 heteroatoms. The summed E-state index contributed by atoms with van der Waals surface area (Å²) < 4.78 is 13.5. The van der Waals surface area contributed by atoms with Gasteiger partial charge in [0.05, 0.1) is 5.92 Å². The van der Waals surface area contributed by atoms with Crippen molar-refractivity contribution in [3.8, 4) is 0 Å². The molecule has 0 heterocycles. The van der Waals surface area contributed by atoms with Gasteiger partial charge in [-0.2, -0.15) is 0 Å². The van der Waals surface area contributed by atoms with Gasteiger partial charge in [-0.15, -0.1) is 0 Å². The molecule has 1 aromatic rings. The average molecular weight is 281 g/mol. The molecule has 0 bridgehead atoms. The SMILES string of the molecule is CC(C)CC(CNC(C)Cc1ccccc1F)C(=O)O. The molecule has 3 nitrogen and oxygen atoms in total. The van der Waals surface area contributed by atoms with Crippen molar-refractivity contribution in [1.82, 2.24) is 5.32 Å². The van der Waals surface area contributed by atoms with E-state index in [4.69, 9.17) is 5.11 Å². The Bertz CT molecular complexity index is 434. The minimum absolute atomic E-state index is 0.0425. The summed E-state index contributed by atoms with van der Waals surface area (Å²) in [7, 11) is 0. The van der Waals surface area contributed by atoms with Gasteiger partial charge < -0.3 is 10.4 Å². The second-order valence-corrected chi connectivity index (χ2v) is 5.77. The first-order valence-electron chi connectivity index (χ1n) is 7.09. The maximum atomic E-state index is 13.5. The Labute approximate surface area is 120 Å². The first-order chi connectivity index (χ1) is 9.40. The molecule has 0 radical (unpaired) electrons. The molecule has 0 aliphatic rings. The highest BCUT2D eigenvalue weighted by Crippen LogP contribution is 2.13. The van der Waals surface area contributed by atoms with E-state index in [1.54, 1.807) is 12.1 Å². The average Bonchev–Trinajstić information content (AvgIpc) is 2.36. The summed E-state index contributed by atoms with van der Waals surface area (Å²) in [5.41, 5.74) is 0.656. The van der Waals surface area contributed by atoms with Crippen LogP contribution in [0.25, 0.3) is 0 Å². The third-order valence-electron chi connectivity index (χ3n) is 3.30. The molecule has 0 fully saturated rings. The number of halogens is 1. The second kappa shape index (κ2) is 8.00. The molecule has 0 amide bonds. The minimum atomic E-state index is -0.774. The number of carbonyl (C=O) groups is 1. The van der Waals surface area contributed by atoms with Crippen molar-refractivity contribution in [2.24, 2.45) is 11.8 Å². The molecule has 2 atom stereocenters. The Morgan fingerprint density at radius 3 is 2.50 bits per heavy atom. The van der Waals surface area contributed by atoms with Crippen molar-refractivity contribution in [3.05, 3.63) is 35.6 Å². The van der Waals surface area contributed by atoms with Crippen molar-refractivity contribution < 1.29 is 14.3 Å². The Hall–Kier alpha value is -1.42. The highest BCUT2D eigenvalue weighted by atomic mass is 19.1. The Morgan fingerprint density at radius 2 is 1.95 bits per heavy atom. The summed E-state index contributed by atoms with van der Waals surface area (Å²) in [4.78, 5) is 11.2. The summed E-state index contributed by atoms with van der Waals surface area (Å²) in [6.45, 7) is 6.39. The van der Waals surface area contributed by atoms with Crippen LogP contribution in [0.15, 0.2) is 24.3 Å². The molecule has 0 saturated heterocycles. The molecule has 1 aromatic carbocycles. The number of nitrogens with one attached hydrogen (secondary N) is 1. The minimum Gasteiger partial charge on any atom is -0.481 e. The highest BCUT2D eigenvalue weighted by Gasteiger charge is 2.19. The Balaban J connectivity index is 2.47. The summed E-state index contributed by atoms with van der Waals surface area (Å²) in [5.74, 6) is -1.03. The van der Waals surface area contributed by atoms with E-state index in [-0.39, 0.29) is 11.9 Å². The van der Waals surface area contributed by atoms with Gasteiger partial charge >= 0.3 is 5.97 Å². The van der Waals surface area contributed by atoms with Crippen molar-refractivity contribution in [3.63, 3.8) is 0 Å². The van der Waals surface area contributed by atoms with Crippen LogP contribution >= 0.6 is 0 Å². The lowest BCUT2D eigenvalue weighted by Crippen LogP contribution is -2.36. The molecule has 0 aliphatic heterocycles. The molecule has 0 aromatic heterocycles. The van der Waals surface area contributed by atoms with E-state index in [2.05, 4.69) is 5.32 Å². The van der Waals surface area contributed by atoms with Crippen LogP contribution in [-0.2, 0) is 11.2 Å². The van der Waals surface area contributed by atoms with E-state index >= 15 is 0 Å². The number of hydrogen-bond acceptors (Lipinski definition) is 2. The molecular formula is C16H24FNO2. The van der Waals surface area contributed by atoms with Gasteiger partial charge in [0.15, 0.2) is 0 Å². The fourth-order valence-corrected chi connectivity index (χ4v) is 2.25. The van der Waals surface area contributed by atoms with Crippen LogP contribution in [0.5, 0.6) is 0 Å². The number of hydrogen-bond donors (Lipinski definition) is 2. The van der Waals surface area contributed by atoms with Crippen LogP contribution in [0.3, 0.4) is 0 Å². The van der Waals surface area contributed by atoms with Gasteiger partial charge in [-0.05, 0) is 37.3 Å². The zero-order chi connectivity index (χ0) is 15.1. The van der Waals surface area contributed by atoms with Gasteiger partial charge in [-0.3, -0.25) is 4.79 Å². The van der Waals surface area contributed by atoms with Crippen molar-refractivity contribution in [2.75, 3.05) is 6.54 Å². The number of carboxylic acid groups (broad SMARTS) is 1. The smallest absolute Gasteiger partial charge is 0.307 e. The Kier molecular flexibility index (Phi) is 6.65. The van der Waals surface area contributed by atoms with Crippen LogP contribution in [0, 0.1) is 17.7 Å². The molecule has 2 N–H and O–H groups in total. The quantitative estimate of drug-likeness (QED) is 0.770. The van der Waals surface area contributed by atoms with Crippen LogP contribution in [0.4, 0.5) is 4.39 Å². The molecule has 0 spiro atoms. The normalized spacial score (nSPS) is 14.2. The van der Waals surface area contributed by atoms with Gasteiger partial charge in [0.2, 0.25) is 0 Å². The molecule has 20 heavy (non-hydrogen) atoms. The standard InChI is InChI=1S/C16H24FNO2/c1-11(2)8-14(16(19)20)10-18-12(3)9-13-6-4-5-7-15(13)17/h4-7,11-12,14,18H,8-10H2,1-3H3,(H,19,20). The van der Waals surface area contributed by atoms with E-state index in [0.29, 0.717) is 30.9 Å². The second-order valence-electron chi connectivity index (χ2n) is 5.77. The van der Waals surface area contributed by atoms with Crippen LogP contribution in [0.2, 0.25) is 0 Å². The molecule has 2 unspecified atom stereocenters. The van der Waals surface area contributed by atoms with E-state index < -0.39 is 11.9 Å². The first kappa shape index (κ1) is 16.6. The summed E-state index contributed by atoms with van der Waals surface area (Å²) in [6.07, 6.45) is 1.20. The maximum Gasteiger partial charge on any atom is 0.307 e. The lowest BCUT2D eigenvalue weighted by molar-refractivity contribution is -0.142. The molecule has 1 rings (SSSR count). The van der Waals surface area contributed by atoms with E-state index in [0.717, 1.165) is 0 Å². The monoisotopic (exact) mass is 281 g/mol. The summed E-state index contributed by atoms with van der Waals surface area (Å²) in [5, 5.41) is 12.4. The van der Waals surface area contributed by atoms with Gasteiger partial charge in [0.1, 0.15) is 5.82 Å². The van der Waals surface area contributed by atoms with Crippen LogP contribution in [-0.4, -0.2) is 23.7 Å². The fraction of sp³-hybridized carbons (Fsp3) is 0.562. The predicted octanol–water partition coefficient (Wildman–Crippen LogP) is 3.09. The maximum absolute atomic E-state index is 13.5. The topological polar surface area (TPSA) is 49.3 Å². The third-order valence-corrected chi connectivity index (χ3v) is 3.30. The van der Waals surface area contributed by atoms with Gasteiger partial charge in [0.25, 0.3) is 0 Å². The highest BCUT2D eigenvalue weighted by molar-refractivity contribution is 5.70. The number of carboxylic acids is 1. The van der Waals surface area contributed by atoms with Gasteiger partial charge in [0, 0.05) is 12.6 Å². The summed E-state index contributed by atoms with van der Waals surface area (Å²) >= 11 is 0. The van der Waals surface area contributed by atoms with Crippen molar-refractivity contribution >= 4 is 5.97 Å². The van der Waals surface area contributed by atoms with Crippen LogP contribution in [0.1, 0.15) is 32.8 Å². The number of aliphatic carboxylic acids is 1. The number of rotatable bonds is 8. The van der Waals surface area contributed by atoms with E-state index in [1.165, 1.54) is 6.07 Å². The van der Waals surface area contributed by atoms with Gasteiger partial charge in [-0.25, -0.2) is 4.39 Å². The zero-order valence-corrected chi connectivity index (χ0v) is 12.4. The molecule has 0 aliphatic carbocycles. The van der Waals surface area contributed by atoms with E-state index in [1.807, 2.05) is 26.8 Å². The molecular weight excluding hydrogens is 257 g/mol. The molecule has 0 saturated carbocycles. The van der Waals surface area contributed by atoms with Crippen molar-refractivity contribution in [2.45, 2.75) is 39.7 Å². The zero-order valence-electron chi connectivity index (χ0n) is 12.4. The number of benzene rings is 1. The first-order valence-corrected chi connectivity index (χ1v) is 7.09. The fourth-order valence-electron chi connectivity index (χ4n) is 2.25. The largest absolute Gasteiger partial charge is 0.481 e. The summed E-state index contributed by atoms with van der Waals surface area (Å²) in [6, 6.07) is 6.72. The third kappa shape index (κ3) is 5.70. The van der Waals surface area contributed by atoms with Crippen LogP contribution < -0.4 is 5.32 Å². The Morgan fingerprint density at radius 1 is 1.30 bits per heavy atom. The van der Waals surface area contributed by atoms with Crippen molar-refractivity contribution in [1.29, 1.82) is 0 Å². The van der Waals surface area contributed by atoms with Gasteiger partial charge in [-0.1, -0.05) is 32.0 Å².